The highest BCUT2D eigenvalue weighted by Gasteiger charge is 2.36. The summed E-state index contributed by atoms with van der Waals surface area (Å²) >= 11 is 0. The van der Waals surface area contributed by atoms with E-state index in [9.17, 15) is 0 Å². The van der Waals surface area contributed by atoms with Crippen molar-refractivity contribution in [3.05, 3.63) is 6.33 Å². The van der Waals surface area contributed by atoms with E-state index >= 15 is 0 Å². The van der Waals surface area contributed by atoms with Crippen molar-refractivity contribution in [3.63, 3.8) is 0 Å². The first kappa shape index (κ1) is 11.5. The molecule has 98 valence electrons. The molecule has 0 aromatic carbocycles. The highest BCUT2D eigenvalue weighted by Crippen LogP contribution is 2.41. The van der Waals surface area contributed by atoms with Crippen molar-refractivity contribution >= 4 is 11.6 Å². The van der Waals surface area contributed by atoms with Crippen LogP contribution in [0.2, 0.25) is 0 Å². The van der Waals surface area contributed by atoms with E-state index < -0.39 is 0 Å². The molecule has 0 atom stereocenters. The van der Waals surface area contributed by atoms with Crippen LogP contribution in [0.4, 0.5) is 11.6 Å². The van der Waals surface area contributed by atoms with Gasteiger partial charge in [-0.2, -0.15) is 0 Å². The summed E-state index contributed by atoms with van der Waals surface area (Å²) in [6.45, 7) is 1.07. The summed E-state index contributed by atoms with van der Waals surface area (Å²) in [4.78, 5) is 10.8. The number of aromatic nitrogens is 2. The molecule has 2 aliphatic carbocycles. The number of hydrazine groups is 1. The first-order valence-electron chi connectivity index (χ1n) is 6.45. The second-order valence-electron chi connectivity index (χ2n) is 5.05. The minimum absolute atomic E-state index is 0.545. The number of hydrogen-bond acceptors (Lipinski definition) is 6. The van der Waals surface area contributed by atoms with Crippen molar-refractivity contribution in [1.82, 2.24) is 9.97 Å². The highest BCUT2D eigenvalue weighted by atomic mass is 16.5. The molecule has 0 amide bonds. The molecule has 3 rings (SSSR count). The topological polar surface area (TPSA) is 76.3 Å². The van der Waals surface area contributed by atoms with Crippen LogP contribution < -0.4 is 20.9 Å². The number of nitrogens with two attached hydrogens (primary N) is 1. The van der Waals surface area contributed by atoms with Gasteiger partial charge in [-0.15, -0.1) is 0 Å². The Hall–Kier alpha value is -1.56. The van der Waals surface area contributed by atoms with Gasteiger partial charge in [0.05, 0.1) is 7.11 Å². The van der Waals surface area contributed by atoms with E-state index in [1.54, 1.807) is 7.11 Å². The second-order valence-corrected chi connectivity index (χ2v) is 5.05. The number of ether oxygens (including phenoxy) is 1. The molecule has 0 radical (unpaired) electrons. The lowest BCUT2D eigenvalue weighted by Gasteiger charge is -2.25. The maximum absolute atomic E-state index is 5.46. The lowest BCUT2D eigenvalue weighted by atomic mass is 10.3. The van der Waals surface area contributed by atoms with Crippen LogP contribution in [0.25, 0.3) is 0 Å². The van der Waals surface area contributed by atoms with Crippen molar-refractivity contribution in [2.75, 3.05) is 24.0 Å². The lowest BCUT2D eigenvalue weighted by Crippen LogP contribution is -2.29. The van der Waals surface area contributed by atoms with Gasteiger partial charge in [-0.05, 0) is 31.6 Å². The van der Waals surface area contributed by atoms with E-state index in [0.29, 0.717) is 17.6 Å². The maximum Gasteiger partial charge on any atom is 0.205 e. The van der Waals surface area contributed by atoms with E-state index in [4.69, 9.17) is 10.6 Å². The molecule has 6 heteroatoms. The zero-order chi connectivity index (χ0) is 12.5. The summed E-state index contributed by atoms with van der Waals surface area (Å²) in [6, 6.07) is 0.611. The van der Waals surface area contributed by atoms with Crippen molar-refractivity contribution < 1.29 is 4.74 Å². The smallest absolute Gasteiger partial charge is 0.205 e. The largest absolute Gasteiger partial charge is 0.490 e. The third-order valence-corrected chi connectivity index (χ3v) is 3.54. The lowest BCUT2D eigenvalue weighted by molar-refractivity contribution is 0.411. The first-order valence-corrected chi connectivity index (χ1v) is 6.45. The number of nitrogen functional groups attached to an aromatic ring is 1. The van der Waals surface area contributed by atoms with Crippen molar-refractivity contribution in [3.8, 4) is 5.75 Å². The molecule has 0 spiro atoms. The van der Waals surface area contributed by atoms with Gasteiger partial charge in [0.15, 0.2) is 11.6 Å². The molecule has 1 aromatic heterocycles. The molecule has 0 aliphatic heterocycles. The van der Waals surface area contributed by atoms with Crippen LogP contribution in [0.1, 0.15) is 25.7 Å². The summed E-state index contributed by atoms with van der Waals surface area (Å²) < 4.78 is 5.42. The second kappa shape index (κ2) is 4.61. The fourth-order valence-electron chi connectivity index (χ4n) is 2.23. The van der Waals surface area contributed by atoms with E-state index in [2.05, 4.69) is 20.3 Å². The van der Waals surface area contributed by atoms with Gasteiger partial charge in [0, 0.05) is 12.6 Å². The predicted octanol–water partition coefficient (Wildman–Crippen LogP) is 1.15. The van der Waals surface area contributed by atoms with Gasteiger partial charge in [-0.3, -0.25) is 0 Å². The number of anilines is 2. The number of rotatable bonds is 6. The van der Waals surface area contributed by atoms with Crippen LogP contribution in [0.3, 0.4) is 0 Å². The summed E-state index contributed by atoms with van der Waals surface area (Å²) in [5.74, 6) is 8.34. The Kier molecular flexibility index (Phi) is 2.95. The molecular formula is C12H19N5O. The zero-order valence-corrected chi connectivity index (χ0v) is 10.6. The number of methoxy groups -OCH3 is 1. The summed E-state index contributed by atoms with van der Waals surface area (Å²) in [6.07, 6.45) is 6.68. The van der Waals surface area contributed by atoms with Crippen LogP contribution >= 0.6 is 0 Å². The minimum atomic E-state index is 0.545. The van der Waals surface area contributed by atoms with E-state index in [1.165, 1.54) is 32.0 Å². The van der Waals surface area contributed by atoms with E-state index in [-0.39, 0.29) is 0 Å². The molecule has 3 N–H and O–H groups in total. The van der Waals surface area contributed by atoms with Gasteiger partial charge in [-0.1, -0.05) is 0 Å². The Balaban J connectivity index is 1.91. The van der Waals surface area contributed by atoms with Crippen molar-refractivity contribution in [2.45, 2.75) is 31.7 Å². The number of nitrogens with one attached hydrogen (secondary N) is 1. The van der Waals surface area contributed by atoms with Crippen LogP contribution in [0.15, 0.2) is 6.33 Å². The van der Waals surface area contributed by atoms with Crippen molar-refractivity contribution in [1.29, 1.82) is 0 Å². The summed E-state index contributed by atoms with van der Waals surface area (Å²) in [5.41, 5.74) is 2.57. The molecule has 2 fully saturated rings. The third-order valence-electron chi connectivity index (χ3n) is 3.54. The monoisotopic (exact) mass is 249 g/mol. The van der Waals surface area contributed by atoms with Gasteiger partial charge < -0.3 is 15.1 Å². The standard InChI is InChI=1S/C12H19N5O/c1-18-10-11(16-13)14-7-15-12(10)17(9-4-5-9)6-8-2-3-8/h7-9H,2-6,13H2,1H3,(H,14,15,16). The molecule has 1 aromatic rings. The Bertz CT molecular complexity index is 430. The van der Waals surface area contributed by atoms with Gasteiger partial charge >= 0.3 is 0 Å². The summed E-state index contributed by atoms with van der Waals surface area (Å²) in [5, 5.41) is 0. The first-order chi connectivity index (χ1) is 8.83. The molecular weight excluding hydrogens is 230 g/mol. The Morgan fingerprint density at radius 2 is 2.17 bits per heavy atom. The van der Waals surface area contributed by atoms with E-state index in [0.717, 1.165) is 18.3 Å². The molecule has 18 heavy (non-hydrogen) atoms. The van der Waals surface area contributed by atoms with Crippen LogP contribution in [-0.4, -0.2) is 29.7 Å². The van der Waals surface area contributed by atoms with Crippen LogP contribution in [0, 0.1) is 5.92 Å². The average molecular weight is 249 g/mol. The highest BCUT2D eigenvalue weighted by molar-refractivity contribution is 5.65. The SMILES string of the molecule is COc1c(NN)ncnc1N(CC1CC1)C1CC1. The fourth-order valence-corrected chi connectivity index (χ4v) is 2.23. The molecule has 0 saturated heterocycles. The Morgan fingerprint density at radius 3 is 2.72 bits per heavy atom. The third kappa shape index (κ3) is 2.20. The molecule has 2 aliphatic rings. The maximum atomic E-state index is 5.46. The average Bonchev–Trinajstić information content (AvgIpc) is 3.27. The molecule has 2 saturated carbocycles. The van der Waals surface area contributed by atoms with Gasteiger partial charge in [0.25, 0.3) is 0 Å². The number of hydrogen-bond donors (Lipinski definition) is 2. The fraction of sp³-hybridized carbons (Fsp3) is 0.667. The Morgan fingerprint density at radius 1 is 1.39 bits per heavy atom. The van der Waals surface area contributed by atoms with Gasteiger partial charge in [-0.25, -0.2) is 15.8 Å². The van der Waals surface area contributed by atoms with Crippen LogP contribution in [0.5, 0.6) is 5.75 Å². The van der Waals surface area contributed by atoms with Crippen molar-refractivity contribution in [2.24, 2.45) is 11.8 Å². The number of nitrogens with zero attached hydrogens (tertiary/aromatic N) is 3. The quantitative estimate of drug-likeness (QED) is 0.582. The molecule has 0 unspecified atom stereocenters. The molecule has 1 heterocycles. The molecule has 0 bridgehead atoms. The minimum Gasteiger partial charge on any atom is -0.490 e. The molecule has 6 nitrogen and oxygen atoms in total. The van der Waals surface area contributed by atoms with E-state index in [1.807, 2.05) is 0 Å². The zero-order valence-electron chi connectivity index (χ0n) is 10.6. The normalized spacial score (nSPS) is 18.6. The van der Waals surface area contributed by atoms with Gasteiger partial charge in [0.1, 0.15) is 6.33 Å². The Labute approximate surface area is 107 Å². The van der Waals surface area contributed by atoms with Gasteiger partial charge in [0.2, 0.25) is 5.75 Å². The predicted molar refractivity (Wildman–Crippen MR) is 69.5 cm³/mol. The summed E-state index contributed by atoms with van der Waals surface area (Å²) in [7, 11) is 1.63. The van der Waals surface area contributed by atoms with Crippen LogP contribution in [-0.2, 0) is 0 Å².